The van der Waals surface area contributed by atoms with Gasteiger partial charge in [0.15, 0.2) is 5.82 Å². The van der Waals surface area contributed by atoms with E-state index in [0.29, 0.717) is 6.54 Å². The molecule has 4 nitrogen and oxygen atoms in total. The van der Waals surface area contributed by atoms with E-state index in [1.54, 1.807) is 16.8 Å². The SMILES string of the molecule is NCc1cccc2[nH]c(-c3cscn3)nc12. The molecule has 16 heavy (non-hydrogen) atoms. The molecule has 0 spiro atoms. The third-order valence-corrected chi connectivity index (χ3v) is 3.08. The average molecular weight is 230 g/mol. The van der Waals surface area contributed by atoms with Gasteiger partial charge in [-0.2, -0.15) is 0 Å². The summed E-state index contributed by atoms with van der Waals surface area (Å²) in [5, 5.41) is 1.97. The smallest absolute Gasteiger partial charge is 0.158 e. The number of nitrogens with two attached hydrogens (primary N) is 1. The van der Waals surface area contributed by atoms with E-state index in [0.717, 1.165) is 28.1 Å². The number of H-pyrrole nitrogens is 1. The number of hydrogen-bond donors (Lipinski definition) is 2. The molecule has 0 aliphatic carbocycles. The lowest BCUT2D eigenvalue weighted by Gasteiger charge is -1.95. The second kappa shape index (κ2) is 3.70. The molecule has 2 aromatic heterocycles. The van der Waals surface area contributed by atoms with Crippen LogP contribution in [0.15, 0.2) is 29.1 Å². The third-order valence-electron chi connectivity index (χ3n) is 2.49. The fourth-order valence-corrected chi connectivity index (χ4v) is 2.24. The van der Waals surface area contributed by atoms with E-state index in [2.05, 4.69) is 15.0 Å². The quantitative estimate of drug-likeness (QED) is 0.708. The van der Waals surface area contributed by atoms with Gasteiger partial charge in [0, 0.05) is 11.9 Å². The van der Waals surface area contributed by atoms with E-state index in [1.165, 1.54) is 0 Å². The zero-order valence-corrected chi connectivity index (χ0v) is 9.29. The first-order valence-corrected chi connectivity index (χ1v) is 5.89. The molecule has 3 rings (SSSR count). The summed E-state index contributed by atoms with van der Waals surface area (Å²) < 4.78 is 0. The average Bonchev–Trinajstić information content (AvgIpc) is 2.96. The van der Waals surface area contributed by atoms with Gasteiger partial charge in [-0.1, -0.05) is 12.1 Å². The second-order valence-corrected chi connectivity index (χ2v) is 4.20. The van der Waals surface area contributed by atoms with Crippen molar-refractivity contribution in [1.82, 2.24) is 15.0 Å². The van der Waals surface area contributed by atoms with Crippen molar-refractivity contribution in [3.8, 4) is 11.5 Å². The molecule has 5 heteroatoms. The number of aromatic amines is 1. The predicted octanol–water partition coefficient (Wildman–Crippen LogP) is 2.15. The molecule has 0 aliphatic heterocycles. The third kappa shape index (κ3) is 1.41. The Labute approximate surface area is 96.2 Å². The van der Waals surface area contributed by atoms with Crippen LogP contribution in [0.4, 0.5) is 0 Å². The number of nitrogens with zero attached hydrogens (tertiary/aromatic N) is 2. The van der Waals surface area contributed by atoms with Crippen molar-refractivity contribution in [1.29, 1.82) is 0 Å². The highest BCUT2D eigenvalue weighted by atomic mass is 32.1. The molecule has 0 saturated heterocycles. The van der Waals surface area contributed by atoms with Crippen molar-refractivity contribution < 1.29 is 0 Å². The zero-order chi connectivity index (χ0) is 11.0. The molecule has 0 amide bonds. The molecule has 80 valence electrons. The van der Waals surface area contributed by atoms with Crippen molar-refractivity contribution in [2.45, 2.75) is 6.54 Å². The number of thiazole rings is 1. The summed E-state index contributed by atoms with van der Waals surface area (Å²) in [5.74, 6) is 0.803. The van der Waals surface area contributed by atoms with Gasteiger partial charge >= 0.3 is 0 Å². The number of rotatable bonds is 2. The van der Waals surface area contributed by atoms with Crippen LogP contribution >= 0.6 is 11.3 Å². The zero-order valence-electron chi connectivity index (χ0n) is 8.47. The highest BCUT2D eigenvalue weighted by Crippen LogP contribution is 2.22. The first-order valence-electron chi connectivity index (χ1n) is 4.94. The fourth-order valence-electron chi connectivity index (χ4n) is 1.71. The van der Waals surface area contributed by atoms with Crippen LogP contribution < -0.4 is 5.73 Å². The van der Waals surface area contributed by atoms with Crippen molar-refractivity contribution in [2.24, 2.45) is 5.73 Å². The first-order chi connectivity index (χ1) is 7.88. The van der Waals surface area contributed by atoms with Gasteiger partial charge in [-0.05, 0) is 11.6 Å². The van der Waals surface area contributed by atoms with Gasteiger partial charge in [-0.3, -0.25) is 0 Å². The standard InChI is InChI=1S/C11H10N4S/c12-4-7-2-1-3-8-10(7)15-11(14-8)9-5-16-6-13-9/h1-3,5-6H,4,12H2,(H,14,15). The highest BCUT2D eigenvalue weighted by Gasteiger charge is 2.08. The van der Waals surface area contributed by atoms with E-state index in [4.69, 9.17) is 5.73 Å². The van der Waals surface area contributed by atoms with E-state index in [1.807, 2.05) is 23.6 Å². The maximum absolute atomic E-state index is 5.68. The molecule has 1 aromatic carbocycles. The largest absolute Gasteiger partial charge is 0.337 e. The second-order valence-electron chi connectivity index (χ2n) is 3.48. The molecule has 0 aliphatic rings. The fraction of sp³-hybridized carbons (Fsp3) is 0.0909. The van der Waals surface area contributed by atoms with Gasteiger partial charge in [0.2, 0.25) is 0 Å². The van der Waals surface area contributed by atoms with Gasteiger partial charge in [-0.25, -0.2) is 9.97 Å². The summed E-state index contributed by atoms with van der Waals surface area (Å²) in [4.78, 5) is 12.0. The summed E-state index contributed by atoms with van der Waals surface area (Å²) in [7, 11) is 0. The Balaban J connectivity index is 2.23. The number of benzene rings is 1. The Bertz CT molecular complexity index is 612. The van der Waals surface area contributed by atoms with Crippen molar-refractivity contribution in [3.05, 3.63) is 34.7 Å². The van der Waals surface area contributed by atoms with Crippen LogP contribution in [0.2, 0.25) is 0 Å². The number of nitrogens with one attached hydrogen (secondary N) is 1. The van der Waals surface area contributed by atoms with Crippen LogP contribution in [0.25, 0.3) is 22.6 Å². The molecule has 0 fully saturated rings. The number of aromatic nitrogens is 3. The molecule has 0 bridgehead atoms. The van der Waals surface area contributed by atoms with Gasteiger partial charge in [0.05, 0.1) is 16.5 Å². The number of fused-ring (bicyclic) bond motifs is 1. The van der Waals surface area contributed by atoms with Crippen molar-refractivity contribution in [3.63, 3.8) is 0 Å². The molecule has 0 radical (unpaired) electrons. The number of para-hydroxylation sites is 1. The first kappa shape index (κ1) is 9.50. The topological polar surface area (TPSA) is 67.6 Å². The predicted molar refractivity (Wildman–Crippen MR) is 65.1 cm³/mol. The Hall–Kier alpha value is -1.72. The van der Waals surface area contributed by atoms with E-state index in [-0.39, 0.29) is 0 Å². The van der Waals surface area contributed by atoms with Crippen molar-refractivity contribution >= 4 is 22.4 Å². The van der Waals surface area contributed by atoms with Gasteiger partial charge in [-0.15, -0.1) is 11.3 Å². The Kier molecular flexibility index (Phi) is 2.19. The molecule has 0 atom stereocenters. The van der Waals surface area contributed by atoms with Gasteiger partial charge < -0.3 is 10.7 Å². The van der Waals surface area contributed by atoms with Crippen molar-refractivity contribution in [2.75, 3.05) is 0 Å². The van der Waals surface area contributed by atoms with Crippen LogP contribution in [-0.2, 0) is 6.54 Å². The monoisotopic (exact) mass is 230 g/mol. The summed E-state index contributed by atoms with van der Waals surface area (Å²) >= 11 is 1.56. The van der Waals surface area contributed by atoms with Gasteiger partial charge in [0.25, 0.3) is 0 Å². The van der Waals surface area contributed by atoms with Crippen LogP contribution in [0.3, 0.4) is 0 Å². The number of hydrogen-bond acceptors (Lipinski definition) is 4. The lowest BCUT2D eigenvalue weighted by Crippen LogP contribution is -1.96. The van der Waals surface area contributed by atoms with Crippen LogP contribution in [-0.4, -0.2) is 15.0 Å². The molecular formula is C11H10N4S. The molecule has 3 N–H and O–H groups in total. The maximum Gasteiger partial charge on any atom is 0.158 e. The summed E-state index contributed by atoms with van der Waals surface area (Å²) in [6, 6.07) is 5.97. The Morgan fingerprint density at radius 1 is 1.38 bits per heavy atom. The highest BCUT2D eigenvalue weighted by molar-refractivity contribution is 7.07. The minimum Gasteiger partial charge on any atom is -0.337 e. The minimum atomic E-state index is 0.499. The minimum absolute atomic E-state index is 0.499. The summed E-state index contributed by atoms with van der Waals surface area (Å²) in [6.07, 6.45) is 0. The van der Waals surface area contributed by atoms with Crippen LogP contribution in [0.5, 0.6) is 0 Å². The summed E-state index contributed by atoms with van der Waals surface area (Å²) in [5.41, 5.74) is 11.3. The maximum atomic E-state index is 5.68. The lowest BCUT2D eigenvalue weighted by molar-refractivity contribution is 1.08. The van der Waals surface area contributed by atoms with E-state index < -0.39 is 0 Å². The molecule has 0 unspecified atom stereocenters. The van der Waals surface area contributed by atoms with Crippen LogP contribution in [0, 0.1) is 0 Å². The van der Waals surface area contributed by atoms with E-state index in [9.17, 15) is 0 Å². The molecule has 3 aromatic rings. The molecule has 2 heterocycles. The number of imidazole rings is 1. The lowest BCUT2D eigenvalue weighted by atomic mass is 10.2. The van der Waals surface area contributed by atoms with Gasteiger partial charge in [0.1, 0.15) is 5.69 Å². The molecular weight excluding hydrogens is 220 g/mol. The Morgan fingerprint density at radius 3 is 3.06 bits per heavy atom. The van der Waals surface area contributed by atoms with E-state index >= 15 is 0 Å². The molecule has 0 saturated carbocycles. The Morgan fingerprint density at radius 2 is 2.31 bits per heavy atom. The normalized spacial score (nSPS) is 11.1. The summed E-state index contributed by atoms with van der Waals surface area (Å²) in [6.45, 7) is 0.499. The van der Waals surface area contributed by atoms with Crippen LogP contribution in [0.1, 0.15) is 5.56 Å².